The molecule has 8 heteroatoms. The lowest BCUT2D eigenvalue weighted by Crippen LogP contribution is -2.47. The van der Waals surface area contributed by atoms with Crippen molar-refractivity contribution in [3.8, 4) is 0 Å². The molecule has 0 aliphatic heterocycles. The molecule has 2 amide bonds. The maximum atomic E-state index is 13.0. The number of sulfonamides is 1. The third kappa shape index (κ3) is 6.67. The molecular formula is C26H35N3O4S. The molecule has 2 aromatic rings. The fraction of sp³-hybridized carbons (Fsp3) is 0.462. The van der Waals surface area contributed by atoms with Crippen LogP contribution in [0, 0.1) is 5.92 Å². The third-order valence-electron chi connectivity index (χ3n) is 6.36. The third-order valence-corrected chi connectivity index (χ3v) is 8.29. The molecule has 1 aliphatic carbocycles. The quantitative estimate of drug-likeness (QED) is 0.562. The van der Waals surface area contributed by atoms with E-state index in [1.165, 1.54) is 16.4 Å². The van der Waals surface area contributed by atoms with Gasteiger partial charge in [-0.05, 0) is 48.6 Å². The van der Waals surface area contributed by atoms with Crippen molar-refractivity contribution in [2.45, 2.75) is 69.4 Å². The average Bonchev–Trinajstić information content (AvgIpc) is 2.83. The Morgan fingerprint density at radius 1 is 0.971 bits per heavy atom. The Labute approximate surface area is 203 Å². The van der Waals surface area contributed by atoms with E-state index in [-0.39, 0.29) is 35.1 Å². The topological polar surface area (TPSA) is 95.6 Å². The number of anilines is 1. The van der Waals surface area contributed by atoms with Crippen LogP contribution in [0.2, 0.25) is 0 Å². The van der Waals surface area contributed by atoms with Crippen LogP contribution in [-0.2, 0) is 26.0 Å². The summed E-state index contributed by atoms with van der Waals surface area (Å²) in [6, 6.07) is 14.9. The Hall–Kier alpha value is -2.71. The van der Waals surface area contributed by atoms with Gasteiger partial charge in [0.05, 0.1) is 11.3 Å². The molecule has 0 aromatic heterocycles. The van der Waals surface area contributed by atoms with Gasteiger partial charge in [0.15, 0.2) is 0 Å². The second-order valence-electron chi connectivity index (χ2n) is 9.28. The highest BCUT2D eigenvalue weighted by Crippen LogP contribution is 2.27. The normalized spacial score (nSPS) is 15.8. The summed E-state index contributed by atoms with van der Waals surface area (Å²) < 4.78 is 27.5. The molecule has 0 bridgehead atoms. The van der Waals surface area contributed by atoms with Crippen molar-refractivity contribution >= 4 is 27.5 Å². The van der Waals surface area contributed by atoms with Gasteiger partial charge < -0.3 is 10.6 Å². The Kier molecular flexibility index (Phi) is 8.85. The molecule has 0 unspecified atom stereocenters. The number of nitrogens with zero attached hydrogens (tertiary/aromatic N) is 1. The second kappa shape index (κ2) is 11.6. The van der Waals surface area contributed by atoms with E-state index in [0.717, 1.165) is 37.7 Å². The van der Waals surface area contributed by atoms with Crippen molar-refractivity contribution < 1.29 is 18.0 Å². The Morgan fingerprint density at radius 3 is 2.18 bits per heavy atom. The van der Waals surface area contributed by atoms with Crippen LogP contribution in [0.4, 0.5) is 5.69 Å². The summed E-state index contributed by atoms with van der Waals surface area (Å²) in [5.41, 5.74) is 1.35. The number of hydrogen-bond donors (Lipinski definition) is 2. The summed E-state index contributed by atoms with van der Waals surface area (Å²) in [4.78, 5) is 25.6. The zero-order valence-corrected chi connectivity index (χ0v) is 21.0. The summed E-state index contributed by atoms with van der Waals surface area (Å²) in [6.07, 6.45) is 5.22. The second-order valence-corrected chi connectivity index (χ2v) is 11.3. The van der Waals surface area contributed by atoms with Crippen LogP contribution in [0.3, 0.4) is 0 Å². The van der Waals surface area contributed by atoms with Gasteiger partial charge in [0.25, 0.3) is 0 Å². The number of carbonyl (C=O) groups excluding carboxylic acids is 2. The summed E-state index contributed by atoms with van der Waals surface area (Å²) in [5, 5.41) is 5.62. The molecule has 0 radical (unpaired) electrons. The zero-order valence-electron chi connectivity index (χ0n) is 20.2. The molecule has 3 rings (SSSR count). The summed E-state index contributed by atoms with van der Waals surface area (Å²) in [6.45, 7) is 3.73. The maximum Gasteiger partial charge on any atom is 0.247 e. The van der Waals surface area contributed by atoms with Gasteiger partial charge in [-0.2, -0.15) is 4.31 Å². The van der Waals surface area contributed by atoms with Crippen LogP contribution in [0.5, 0.6) is 0 Å². The number of hydrogen-bond acceptors (Lipinski definition) is 4. The van der Waals surface area contributed by atoms with Crippen molar-refractivity contribution in [3.05, 3.63) is 60.2 Å². The minimum atomic E-state index is -3.60. The van der Waals surface area contributed by atoms with E-state index in [4.69, 9.17) is 0 Å². The number of rotatable bonds is 9. The first-order valence-electron chi connectivity index (χ1n) is 11.9. The van der Waals surface area contributed by atoms with Crippen LogP contribution in [0.15, 0.2) is 59.5 Å². The van der Waals surface area contributed by atoms with Gasteiger partial charge in [0, 0.05) is 18.8 Å². The Morgan fingerprint density at radius 2 is 1.59 bits per heavy atom. The largest absolute Gasteiger partial charge is 0.344 e. The highest BCUT2D eigenvalue weighted by atomic mass is 32.2. The predicted octanol–water partition coefficient (Wildman–Crippen LogP) is 3.96. The maximum absolute atomic E-state index is 13.0. The highest BCUT2D eigenvalue weighted by molar-refractivity contribution is 7.89. The molecule has 1 saturated carbocycles. The van der Waals surface area contributed by atoms with Crippen LogP contribution in [-0.4, -0.2) is 43.7 Å². The molecule has 1 atom stereocenters. The molecule has 0 saturated heterocycles. The van der Waals surface area contributed by atoms with Crippen LogP contribution >= 0.6 is 0 Å². The minimum absolute atomic E-state index is 0.0319. The van der Waals surface area contributed by atoms with E-state index in [0.29, 0.717) is 5.69 Å². The van der Waals surface area contributed by atoms with Gasteiger partial charge in [-0.3, -0.25) is 9.59 Å². The molecule has 184 valence electrons. The zero-order chi connectivity index (χ0) is 24.7. The minimum Gasteiger partial charge on any atom is -0.344 e. The molecule has 1 aliphatic rings. The first kappa shape index (κ1) is 25.9. The van der Waals surface area contributed by atoms with Gasteiger partial charge in [-0.15, -0.1) is 0 Å². The predicted molar refractivity (Wildman–Crippen MR) is 134 cm³/mol. The summed E-state index contributed by atoms with van der Waals surface area (Å²) in [7, 11) is -1.95. The van der Waals surface area contributed by atoms with E-state index in [2.05, 4.69) is 10.6 Å². The standard InChI is InChI=1S/C26H35N3O4S/c1-19(2)25(28-24(30)18-20-10-6-4-7-11-20)26(31)27-21-14-16-23(17-15-21)34(32,33)29(3)22-12-8-5-9-13-22/h4,6-7,10-11,14-17,19,22,25H,5,8-9,12-13,18H2,1-3H3,(H,27,31)(H,28,30)/t25-/m1/s1. The fourth-order valence-electron chi connectivity index (χ4n) is 4.28. The SMILES string of the molecule is CC(C)[C@@H](NC(=O)Cc1ccccc1)C(=O)Nc1ccc(S(=O)(=O)N(C)C2CCCCC2)cc1. The molecule has 0 spiro atoms. The van der Waals surface area contributed by atoms with Crippen molar-refractivity contribution in [1.82, 2.24) is 9.62 Å². The number of amides is 2. The Bertz CT molecular complexity index is 1060. The molecule has 2 aromatic carbocycles. The van der Waals surface area contributed by atoms with Crippen LogP contribution in [0.25, 0.3) is 0 Å². The lowest BCUT2D eigenvalue weighted by molar-refractivity contribution is -0.127. The number of carbonyl (C=O) groups is 2. The molecular weight excluding hydrogens is 450 g/mol. The molecule has 2 N–H and O–H groups in total. The Balaban J connectivity index is 1.63. The van der Waals surface area contributed by atoms with Gasteiger partial charge >= 0.3 is 0 Å². The first-order chi connectivity index (χ1) is 16.2. The van der Waals surface area contributed by atoms with Crippen LogP contribution in [0.1, 0.15) is 51.5 Å². The number of benzene rings is 2. The fourth-order valence-corrected chi connectivity index (χ4v) is 5.69. The lowest BCUT2D eigenvalue weighted by Gasteiger charge is -2.30. The molecule has 1 fully saturated rings. The van der Waals surface area contributed by atoms with Crippen molar-refractivity contribution in [3.63, 3.8) is 0 Å². The van der Waals surface area contributed by atoms with Gasteiger partial charge in [-0.25, -0.2) is 8.42 Å². The summed E-state index contributed by atoms with van der Waals surface area (Å²) >= 11 is 0. The van der Waals surface area contributed by atoms with E-state index in [9.17, 15) is 18.0 Å². The average molecular weight is 486 g/mol. The van der Waals surface area contributed by atoms with Gasteiger partial charge in [-0.1, -0.05) is 63.4 Å². The van der Waals surface area contributed by atoms with Gasteiger partial charge in [0.2, 0.25) is 21.8 Å². The first-order valence-corrected chi connectivity index (χ1v) is 13.3. The lowest BCUT2D eigenvalue weighted by atomic mass is 9.96. The van der Waals surface area contributed by atoms with E-state index in [1.807, 2.05) is 44.2 Å². The monoisotopic (exact) mass is 485 g/mol. The van der Waals surface area contributed by atoms with E-state index < -0.39 is 16.1 Å². The molecule has 34 heavy (non-hydrogen) atoms. The van der Waals surface area contributed by atoms with Gasteiger partial charge in [0.1, 0.15) is 6.04 Å². The highest BCUT2D eigenvalue weighted by Gasteiger charge is 2.29. The molecule has 0 heterocycles. The van der Waals surface area contributed by atoms with E-state index >= 15 is 0 Å². The smallest absolute Gasteiger partial charge is 0.247 e. The van der Waals surface area contributed by atoms with Crippen LogP contribution < -0.4 is 10.6 Å². The summed E-state index contributed by atoms with van der Waals surface area (Å²) in [5.74, 6) is -0.692. The van der Waals surface area contributed by atoms with E-state index in [1.54, 1.807) is 19.2 Å². The molecule has 7 nitrogen and oxygen atoms in total. The van der Waals surface area contributed by atoms with Crippen molar-refractivity contribution in [2.75, 3.05) is 12.4 Å². The number of nitrogens with one attached hydrogen (secondary N) is 2. The van der Waals surface area contributed by atoms with Crippen molar-refractivity contribution in [1.29, 1.82) is 0 Å². The van der Waals surface area contributed by atoms with Crippen molar-refractivity contribution in [2.24, 2.45) is 5.92 Å².